The highest BCUT2D eigenvalue weighted by molar-refractivity contribution is 6.12. The third-order valence-electron chi connectivity index (χ3n) is 4.66. The van der Waals surface area contributed by atoms with E-state index in [2.05, 4.69) is 24.3 Å². The van der Waals surface area contributed by atoms with Crippen molar-refractivity contribution in [3.8, 4) is 5.75 Å². The van der Waals surface area contributed by atoms with E-state index in [0.717, 1.165) is 41.0 Å². The van der Waals surface area contributed by atoms with Crippen LogP contribution in [0.25, 0.3) is 11.0 Å². The maximum Gasteiger partial charge on any atom is 0.256 e. The molecule has 1 aliphatic carbocycles. The van der Waals surface area contributed by atoms with Gasteiger partial charge in [-0.3, -0.25) is 4.79 Å². The lowest BCUT2D eigenvalue weighted by atomic mass is 10.1. The van der Waals surface area contributed by atoms with Crippen molar-refractivity contribution in [2.24, 2.45) is 0 Å². The third kappa shape index (κ3) is 3.03. The van der Waals surface area contributed by atoms with Crippen LogP contribution in [0, 0.1) is 0 Å². The molecule has 26 heavy (non-hydrogen) atoms. The van der Waals surface area contributed by atoms with Crippen molar-refractivity contribution < 1.29 is 9.53 Å². The Kier molecular flexibility index (Phi) is 4.11. The number of hydrogen-bond acceptors (Lipinski definition) is 4. The van der Waals surface area contributed by atoms with Crippen LogP contribution in [0.4, 0.5) is 5.69 Å². The summed E-state index contributed by atoms with van der Waals surface area (Å²) in [6.07, 6.45) is 4.00. The van der Waals surface area contributed by atoms with Crippen LogP contribution in [-0.2, 0) is 0 Å². The minimum atomic E-state index is -0.146. The Morgan fingerprint density at radius 2 is 2.00 bits per heavy atom. The number of carbonyl (C=O) groups is 1. The Balaban J connectivity index is 1.72. The molecule has 3 aromatic rings. The second-order valence-electron chi connectivity index (χ2n) is 6.97. The topological polar surface area (TPSA) is 69.0 Å². The summed E-state index contributed by atoms with van der Waals surface area (Å²) in [5.74, 6) is 1.07. The van der Waals surface area contributed by atoms with Crippen molar-refractivity contribution in [1.29, 1.82) is 0 Å². The standard InChI is InChI=1S/C20H22N4O2/c1-12(2)24-19-17(11-21-24)16(10-18(23-19)13-4-5-13)20(25)22-14-6-8-15(26-3)9-7-14/h6-13H,4-5H2,1-3H3,(H,22,25). The summed E-state index contributed by atoms with van der Waals surface area (Å²) >= 11 is 0. The summed E-state index contributed by atoms with van der Waals surface area (Å²) < 4.78 is 7.04. The molecule has 1 saturated carbocycles. The summed E-state index contributed by atoms with van der Waals surface area (Å²) in [5, 5.41) is 8.20. The fourth-order valence-corrected chi connectivity index (χ4v) is 3.06. The molecular formula is C20H22N4O2. The van der Waals surface area contributed by atoms with Gasteiger partial charge in [-0.2, -0.15) is 5.10 Å². The van der Waals surface area contributed by atoms with Gasteiger partial charge >= 0.3 is 0 Å². The lowest BCUT2D eigenvalue weighted by molar-refractivity contribution is 0.102. The van der Waals surface area contributed by atoms with E-state index < -0.39 is 0 Å². The van der Waals surface area contributed by atoms with Gasteiger partial charge in [-0.1, -0.05) is 0 Å². The second-order valence-corrected chi connectivity index (χ2v) is 6.97. The molecule has 4 rings (SSSR count). The molecule has 0 saturated heterocycles. The van der Waals surface area contributed by atoms with Crippen LogP contribution in [0.1, 0.15) is 54.7 Å². The summed E-state index contributed by atoms with van der Waals surface area (Å²) in [7, 11) is 1.62. The predicted octanol–water partition coefficient (Wildman–Crippen LogP) is 4.15. The van der Waals surface area contributed by atoms with E-state index in [1.807, 2.05) is 35.0 Å². The zero-order chi connectivity index (χ0) is 18.3. The smallest absolute Gasteiger partial charge is 0.256 e. The molecular weight excluding hydrogens is 328 g/mol. The molecule has 2 heterocycles. The molecule has 0 atom stereocenters. The monoisotopic (exact) mass is 350 g/mol. The van der Waals surface area contributed by atoms with Crippen molar-refractivity contribution in [3.63, 3.8) is 0 Å². The number of hydrogen-bond donors (Lipinski definition) is 1. The van der Waals surface area contributed by atoms with Crippen molar-refractivity contribution in [1.82, 2.24) is 14.8 Å². The quantitative estimate of drug-likeness (QED) is 0.750. The van der Waals surface area contributed by atoms with Crippen LogP contribution in [-0.4, -0.2) is 27.8 Å². The number of rotatable bonds is 5. The Morgan fingerprint density at radius 3 is 2.62 bits per heavy atom. The first-order chi connectivity index (χ1) is 12.6. The minimum Gasteiger partial charge on any atom is -0.497 e. The van der Waals surface area contributed by atoms with Gasteiger partial charge in [-0.15, -0.1) is 0 Å². The first-order valence-corrected chi connectivity index (χ1v) is 8.90. The van der Waals surface area contributed by atoms with Crippen LogP contribution in [0.3, 0.4) is 0 Å². The highest BCUT2D eigenvalue weighted by atomic mass is 16.5. The Labute approximate surface area is 152 Å². The summed E-state index contributed by atoms with van der Waals surface area (Å²) in [6, 6.07) is 9.41. The van der Waals surface area contributed by atoms with Crippen LogP contribution < -0.4 is 10.1 Å². The number of pyridine rings is 1. The molecule has 1 aromatic carbocycles. The molecule has 1 N–H and O–H groups in total. The van der Waals surface area contributed by atoms with Gasteiger partial charge in [0.05, 0.1) is 24.3 Å². The molecule has 0 bridgehead atoms. The van der Waals surface area contributed by atoms with Gasteiger partial charge in [-0.05, 0) is 57.0 Å². The van der Waals surface area contributed by atoms with E-state index in [4.69, 9.17) is 9.72 Å². The average Bonchev–Trinajstić information content (AvgIpc) is 3.40. The summed E-state index contributed by atoms with van der Waals surface area (Å²) in [4.78, 5) is 17.7. The van der Waals surface area contributed by atoms with Gasteiger partial charge in [-0.25, -0.2) is 9.67 Å². The van der Waals surface area contributed by atoms with E-state index in [-0.39, 0.29) is 11.9 Å². The molecule has 1 amide bonds. The number of ether oxygens (including phenoxy) is 1. The van der Waals surface area contributed by atoms with E-state index in [9.17, 15) is 4.79 Å². The number of carbonyl (C=O) groups excluding carboxylic acids is 1. The summed E-state index contributed by atoms with van der Waals surface area (Å²) in [5.41, 5.74) is 3.12. The van der Waals surface area contributed by atoms with Crippen LogP contribution in [0.15, 0.2) is 36.5 Å². The fraction of sp³-hybridized carbons (Fsp3) is 0.350. The number of benzene rings is 1. The van der Waals surface area contributed by atoms with Crippen LogP contribution >= 0.6 is 0 Å². The van der Waals surface area contributed by atoms with Crippen LogP contribution in [0.2, 0.25) is 0 Å². The second kappa shape index (κ2) is 6.44. The maximum absolute atomic E-state index is 12.9. The number of aromatic nitrogens is 3. The van der Waals surface area contributed by atoms with Gasteiger partial charge in [0, 0.05) is 23.3 Å². The minimum absolute atomic E-state index is 0.146. The van der Waals surface area contributed by atoms with E-state index >= 15 is 0 Å². The molecule has 134 valence electrons. The number of anilines is 1. The van der Waals surface area contributed by atoms with Gasteiger partial charge in [0.2, 0.25) is 0 Å². The lowest BCUT2D eigenvalue weighted by Crippen LogP contribution is -2.14. The zero-order valence-corrected chi connectivity index (χ0v) is 15.2. The van der Waals surface area contributed by atoms with Gasteiger partial charge < -0.3 is 10.1 Å². The van der Waals surface area contributed by atoms with Gasteiger partial charge in [0.15, 0.2) is 5.65 Å². The molecule has 1 aliphatic rings. The average molecular weight is 350 g/mol. The first-order valence-electron chi connectivity index (χ1n) is 8.90. The van der Waals surface area contributed by atoms with E-state index in [1.54, 1.807) is 13.3 Å². The van der Waals surface area contributed by atoms with E-state index in [0.29, 0.717) is 11.5 Å². The summed E-state index contributed by atoms with van der Waals surface area (Å²) in [6.45, 7) is 4.13. The fourth-order valence-electron chi connectivity index (χ4n) is 3.06. The molecule has 6 heteroatoms. The molecule has 0 aliphatic heterocycles. The maximum atomic E-state index is 12.9. The highest BCUT2D eigenvalue weighted by Gasteiger charge is 2.28. The third-order valence-corrected chi connectivity index (χ3v) is 4.66. The Morgan fingerprint density at radius 1 is 1.27 bits per heavy atom. The Bertz CT molecular complexity index is 956. The first kappa shape index (κ1) is 16.6. The number of methoxy groups -OCH3 is 1. The van der Waals surface area contributed by atoms with Crippen molar-refractivity contribution in [2.45, 2.75) is 38.6 Å². The number of fused-ring (bicyclic) bond motifs is 1. The lowest BCUT2D eigenvalue weighted by Gasteiger charge is -2.11. The van der Waals surface area contributed by atoms with Crippen LogP contribution in [0.5, 0.6) is 5.75 Å². The van der Waals surface area contributed by atoms with Crippen molar-refractivity contribution in [2.75, 3.05) is 12.4 Å². The van der Waals surface area contributed by atoms with Crippen molar-refractivity contribution in [3.05, 3.63) is 47.8 Å². The normalized spacial score (nSPS) is 14.0. The molecule has 2 aromatic heterocycles. The van der Waals surface area contributed by atoms with Gasteiger partial charge in [0.25, 0.3) is 5.91 Å². The molecule has 0 spiro atoms. The molecule has 0 unspecified atom stereocenters. The molecule has 6 nitrogen and oxygen atoms in total. The number of nitrogens with zero attached hydrogens (tertiary/aromatic N) is 3. The largest absolute Gasteiger partial charge is 0.497 e. The molecule has 1 fully saturated rings. The van der Waals surface area contributed by atoms with E-state index in [1.165, 1.54) is 0 Å². The highest BCUT2D eigenvalue weighted by Crippen LogP contribution is 2.40. The SMILES string of the molecule is COc1ccc(NC(=O)c2cc(C3CC3)nc3c2cnn3C(C)C)cc1. The predicted molar refractivity (Wildman–Crippen MR) is 101 cm³/mol. The molecule has 0 radical (unpaired) electrons. The number of nitrogens with one attached hydrogen (secondary N) is 1. The Hall–Kier alpha value is -2.89. The van der Waals surface area contributed by atoms with Gasteiger partial charge in [0.1, 0.15) is 5.75 Å². The van der Waals surface area contributed by atoms with Crippen molar-refractivity contribution >= 4 is 22.6 Å². The number of amides is 1. The zero-order valence-electron chi connectivity index (χ0n) is 15.2.